The number of halogens is 1. The minimum absolute atomic E-state index is 0.137. The number of fused-ring (bicyclic) bond motifs is 1. The Hall–Kier alpha value is -3.19. The van der Waals surface area contributed by atoms with Crippen LogP contribution in [0.2, 0.25) is 0 Å². The van der Waals surface area contributed by atoms with Crippen molar-refractivity contribution in [3.05, 3.63) is 71.7 Å². The van der Waals surface area contributed by atoms with Crippen LogP contribution in [0.1, 0.15) is 36.1 Å². The molecule has 1 atom stereocenters. The van der Waals surface area contributed by atoms with Gasteiger partial charge in [0, 0.05) is 12.1 Å². The van der Waals surface area contributed by atoms with Gasteiger partial charge in [0.15, 0.2) is 0 Å². The van der Waals surface area contributed by atoms with Crippen LogP contribution in [0.5, 0.6) is 5.75 Å². The van der Waals surface area contributed by atoms with Crippen molar-refractivity contribution in [2.24, 2.45) is 0 Å². The Labute approximate surface area is 168 Å². The Kier molecular flexibility index (Phi) is 5.31. The monoisotopic (exact) mass is 394 g/mol. The molecule has 0 fully saturated rings. The van der Waals surface area contributed by atoms with Gasteiger partial charge in [0.25, 0.3) is 5.91 Å². The minimum atomic E-state index is -0.306. The Balaban J connectivity index is 1.49. The van der Waals surface area contributed by atoms with E-state index in [1.54, 1.807) is 22.9 Å². The molecule has 1 amide bonds. The fourth-order valence-corrected chi connectivity index (χ4v) is 3.28. The highest BCUT2D eigenvalue weighted by Gasteiger charge is 2.27. The number of hydrogen-bond acceptors (Lipinski definition) is 4. The maximum absolute atomic E-state index is 13.2. The van der Waals surface area contributed by atoms with Crippen molar-refractivity contribution < 1.29 is 13.9 Å². The second-order valence-electron chi connectivity index (χ2n) is 7.28. The molecule has 0 radical (unpaired) electrons. The van der Waals surface area contributed by atoms with Crippen LogP contribution >= 0.6 is 0 Å². The molecule has 150 valence electrons. The Morgan fingerprint density at radius 1 is 1.21 bits per heavy atom. The summed E-state index contributed by atoms with van der Waals surface area (Å²) in [6, 6.07) is 15.7. The molecule has 2 aromatic carbocycles. The molecule has 1 aliphatic rings. The van der Waals surface area contributed by atoms with E-state index >= 15 is 0 Å². The van der Waals surface area contributed by atoms with Crippen LogP contribution in [-0.2, 0) is 6.54 Å². The van der Waals surface area contributed by atoms with Gasteiger partial charge in [-0.25, -0.2) is 9.07 Å². The number of rotatable bonds is 6. The number of ether oxygens (including phenoxy) is 1. The van der Waals surface area contributed by atoms with Gasteiger partial charge in [-0.15, -0.1) is 0 Å². The summed E-state index contributed by atoms with van der Waals surface area (Å²) < 4.78 is 20.6. The lowest BCUT2D eigenvalue weighted by Gasteiger charge is -2.25. The molecule has 6 nitrogen and oxygen atoms in total. The van der Waals surface area contributed by atoms with E-state index in [4.69, 9.17) is 4.74 Å². The molecule has 2 heterocycles. The Bertz CT molecular complexity index is 997. The highest BCUT2D eigenvalue weighted by atomic mass is 19.1. The summed E-state index contributed by atoms with van der Waals surface area (Å²) >= 11 is 0. The van der Waals surface area contributed by atoms with Crippen molar-refractivity contribution in [1.82, 2.24) is 20.4 Å². The van der Waals surface area contributed by atoms with E-state index in [1.807, 2.05) is 38.1 Å². The van der Waals surface area contributed by atoms with Crippen molar-refractivity contribution in [2.75, 3.05) is 6.54 Å². The first kappa shape index (κ1) is 19.1. The normalized spacial score (nSPS) is 15.9. The molecule has 0 bridgehead atoms. The summed E-state index contributed by atoms with van der Waals surface area (Å²) in [5.41, 5.74) is 2.99. The molecule has 0 saturated carbocycles. The van der Waals surface area contributed by atoms with Crippen LogP contribution in [0.3, 0.4) is 0 Å². The quantitative estimate of drug-likeness (QED) is 0.671. The minimum Gasteiger partial charge on any atom is -0.491 e. The van der Waals surface area contributed by atoms with Gasteiger partial charge in [0.2, 0.25) is 0 Å². The Morgan fingerprint density at radius 3 is 2.62 bits per heavy atom. The van der Waals surface area contributed by atoms with E-state index in [0.717, 1.165) is 16.9 Å². The van der Waals surface area contributed by atoms with E-state index in [2.05, 4.69) is 15.7 Å². The van der Waals surface area contributed by atoms with E-state index < -0.39 is 0 Å². The van der Waals surface area contributed by atoms with Gasteiger partial charge in [0.1, 0.15) is 23.4 Å². The summed E-state index contributed by atoms with van der Waals surface area (Å²) in [7, 11) is 0. The number of carbonyl (C=O) groups excluding carboxylic acids is 1. The molecule has 0 saturated heterocycles. The average molecular weight is 394 g/mol. The molecular formula is C22H23FN4O2. The smallest absolute Gasteiger partial charge is 0.269 e. The zero-order valence-electron chi connectivity index (χ0n) is 16.4. The number of benzene rings is 2. The summed E-state index contributed by atoms with van der Waals surface area (Å²) in [5, 5.41) is 10.9. The lowest BCUT2D eigenvalue weighted by molar-refractivity contribution is 0.0900. The van der Waals surface area contributed by atoms with Gasteiger partial charge >= 0.3 is 0 Å². The maximum Gasteiger partial charge on any atom is 0.269 e. The topological polar surface area (TPSA) is 68.2 Å². The first-order valence-electron chi connectivity index (χ1n) is 9.62. The SMILES string of the molecule is CC(C)Oc1ccc(CNC2CNC(=O)c3cc(-c4ccc(F)cc4)nn32)cc1. The first-order chi connectivity index (χ1) is 14.0. The predicted octanol–water partition coefficient (Wildman–Crippen LogP) is 3.51. The molecule has 1 aliphatic heterocycles. The van der Waals surface area contributed by atoms with Gasteiger partial charge < -0.3 is 10.1 Å². The van der Waals surface area contributed by atoms with Crippen LogP contribution in [0, 0.1) is 5.82 Å². The third-order valence-corrected chi connectivity index (χ3v) is 4.70. The van der Waals surface area contributed by atoms with E-state index in [1.165, 1.54) is 12.1 Å². The van der Waals surface area contributed by atoms with Gasteiger partial charge in [0.05, 0.1) is 18.3 Å². The van der Waals surface area contributed by atoms with Crippen molar-refractivity contribution in [1.29, 1.82) is 0 Å². The summed E-state index contributed by atoms with van der Waals surface area (Å²) in [6.07, 6.45) is -0.0400. The summed E-state index contributed by atoms with van der Waals surface area (Å²) in [4.78, 5) is 12.3. The molecule has 29 heavy (non-hydrogen) atoms. The number of aromatic nitrogens is 2. The zero-order valence-corrected chi connectivity index (χ0v) is 16.4. The first-order valence-corrected chi connectivity index (χ1v) is 9.62. The molecule has 0 spiro atoms. The van der Waals surface area contributed by atoms with Crippen molar-refractivity contribution >= 4 is 5.91 Å². The van der Waals surface area contributed by atoms with Gasteiger partial charge in [-0.3, -0.25) is 10.1 Å². The predicted molar refractivity (Wildman–Crippen MR) is 108 cm³/mol. The van der Waals surface area contributed by atoms with Crippen molar-refractivity contribution in [2.45, 2.75) is 32.7 Å². The van der Waals surface area contributed by atoms with E-state index in [-0.39, 0.29) is 24.0 Å². The lowest BCUT2D eigenvalue weighted by Crippen LogP contribution is -2.45. The molecular weight excluding hydrogens is 371 g/mol. The average Bonchev–Trinajstić information content (AvgIpc) is 3.15. The van der Waals surface area contributed by atoms with Gasteiger partial charge in [-0.1, -0.05) is 12.1 Å². The van der Waals surface area contributed by atoms with Crippen LogP contribution in [0.4, 0.5) is 4.39 Å². The zero-order chi connectivity index (χ0) is 20.4. The summed E-state index contributed by atoms with van der Waals surface area (Å²) in [6.45, 7) is 5.04. The number of hydrogen-bond donors (Lipinski definition) is 2. The number of amides is 1. The van der Waals surface area contributed by atoms with E-state index in [9.17, 15) is 9.18 Å². The number of nitrogens with one attached hydrogen (secondary N) is 2. The molecule has 2 N–H and O–H groups in total. The highest BCUT2D eigenvalue weighted by Crippen LogP contribution is 2.23. The maximum atomic E-state index is 13.2. The van der Waals surface area contributed by atoms with Crippen molar-refractivity contribution in [3.8, 4) is 17.0 Å². The number of nitrogens with zero attached hydrogens (tertiary/aromatic N) is 2. The lowest BCUT2D eigenvalue weighted by atomic mass is 10.1. The standard InChI is InChI=1S/C22H23FN4O2/c1-14(2)29-18-9-3-15(4-10-18)12-24-21-13-25-22(28)20-11-19(26-27(20)21)16-5-7-17(23)8-6-16/h3-11,14,21,24H,12-13H2,1-2H3,(H,25,28). The van der Waals surface area contributed by atoms with Gasteiger partial charge in [-0.2, -0.15) is 5.10 Å². The highest BCUT2D eigenvalue weighted by molar-refractivity contribution is 5.94. The van der Waals surface area contributed by atoms with Crippen LogP contribution < -0.4 is 15.4 Å². The Morgan fingerprint density at radius 2 is 1.93 bits per heavy atom. The van der Waals surface area contributed by atoms with Gasteiger partial charge in [-0.05, 0) is 61.9 Å². The number of carbonyl (C=O) groups is 1. The largest absolute Gasteiger partial charge is 0.491 e. The third-order valence-electron chi connectivity index (χ3n) is 4.70. The second-order valence-corrected chi connectivity index (χ2v) is 7.28. The van der Waals surface area contributed by atoms with Crippen molar-refractivity contribution in [3.63, 3.8) is 0 Å². The molecule has 7 heteroatoms. The van der Waals surface area contributed by atoms with Crippen LogP contribution in [-0.4, -0.2) is 28.3 Å². The molecule has 4 rings (SSSR count). The third kappa shape index (κ3) is 4.30. The second kappa shape index (κ2) is 8.05. The van der Waals surface area contributed by atoms with Crippen LogP contribution in [0.15, 0.2) is 54.6 Å². The molecule has 1 aromatic heterocycles. The molecule has 3 aromatic rings. The fraction of sp³-hybridized carbons (Fsp3) is 0.273. The molecule has 0 aliphatic carbocycles. The van der Waals surface area contributed by atoms with Crippen LogP contribution in [0.25, 0.3) is 11.3 Å². The fourth-order valence-electron chi connectivity index (χ4n) is 3.28. The molecule has 1 unspecified atom stereocenters. The summed E-state index contributed by atoms with van der Waals surface area (Å²) in [5.74, 6) is 0.367. The van der Waals surface area contributed by atoms with E-state index in [0.29, 0.717) is 24.5 Å².